The van der Waals surface area contributed by atoms with Crippen molar-refractivity contribution in [3.8, 4) is 0 Å². The Labute approximate surface area is 105 Å². The molecule has 0 spiro atoms. The molecule has 0 amide bonds. The topological polar surface area (TPSA) is 3.24 Å². The summed E-state index contributed by atoms with van der Waals surface area (Å²) in [5.41, 5.74) is 3.66. The number of hydrogen-bond acceptors (Lipinski definition) is 1. The third kappa shape index (κ3) is 2.17. The summed E-state index contributed by atoms with van der Waals surface area (Å²) in [7, 11) is 0. The predicted molar refractivity (Wildman–Crippen MR) is 73.5 cm³/mol. The molecule has 0 aromatic rings. The minimum absolute atomic E-state index is 0.472. The number of allylic oxidation sites excluding steroid dienone is 1. The first kappa shape index (κ1) is 12.1. The lowest BCUT2D eigenvalue weighted by atomic mass is 9.83. The van der Waals surface area contributed by atoms with E-state index in [-0.39, 0.29) is 0 Å². The third-order valence-corrected chi connectivity index (χ3v) is 4.15. The number of nitrogens with zero attached hydrogens (tertiary/aromatic N) is 1. The Hall–Kier alpha value is -0.370. The Bertz CT molecular complexity index is 339. The van der Waals surface area contributed by atoms with Crippen molar-refractivity contribution in [2.75, 3.05) is 0 Å². The zero-order valence-electron chi connectivity index (χ0n) is 11.0. The quantitative estimate of drug-likeness (QED) is 0.626. The Morgan fingerprint density at radius 2 is 2.00 bits per heavy atom. The summed E-state index contributed by atoms with van der Waals surface area (Å²) >= 11 is 5.53. The monoisotopic (exact) mass is 237 g/mol. The zero-order valence-corrected chi connectivity index (χ0v) is 11.8. The lowest BCUT2D eigenvalue weighted by molar-refractivity contribution is 0.328. The number of rotatable bonds is 1. The molecule has 0 unspecified atom stereocenters. The first-order valence-corrected chi connectivity index (χ1v) is 6.84. The second-order valence-corrected chi connectivity index (χ2v) is 6.75. The van der Waals surface area contributed by atoms with Crippen LogP contribution in [-0.4, -0.2) is 15.9 Å². The van der Waals surface area contributed by atoms with Gasteiger partial charge in [-0.1, -0.05) is 26.1 Å². The molecule has 2 aliphatic rings. The average molecular weight is 237 g/mol. The summed E-state index contributed by atoms with van der Waals surface area (Å²) < 4.78 is 0. The maximum atomic E-state index is 5.53. The Kier molecular flexibility index (Phi) is 3.13. The highest BCUT2D eigenvalue weighted by Crippen LogP contribution is 2.43. The van der Waals surface area contributed by atoms with Crippen LogP contribution in [-0.2, 0) is 0 Å². The molecule has 0 bridgehead atoms. The van der Waals surface area contributed by atoms with Gasteiger partial charge in [0.2, 0.25) is 0 Å². The normalized spacial score (nSPS) is 25.1. The van der Waals surface area contributed by atoms with Crippen molar-refractivity contribution in [2.24, 2.45) is 5.41 Å². The van der Waals surface area contributed by atoms with Gasteiger partial charge in [0.25, 0.3) is 0 Å². The van der Waals surface area contributed by atoms with Gasteiger partial charge in [-0.25, -0.2) is 0 Å². The van der Waals surface area contributed by atoms with Crippen molar-refractivity contribution >= 4 is 17.2 Å². The van der Waals surface area contributed by atoms with Gasteiger partial charge in [-0.05, 0) is 50.5 Å². The lowest BCUT2D eigenvalue weighted by Gasteiger charge is -2.27. The molecule has 0 aromatic carbocycles. The van der Waals surface area contributed by atoms with Crippen LogP contribution in [0.5, 0.6) is 0 Å². The van der Waals surface area contributed by atoms with Gasteiger partial charge in [0.05, 0.1) is 4.99 Å². The molecule has 16 heavy (non-hydrogen) atoms. The van der Waals surface area contributed by atoms with E-state index in [2.05, 4.69) is 32.6 Å². The standard InChI is InChI=1S/C14H23NS/c1-10(2)15-12-6-5-7-14(3,4)9-11(12)8-13(15)16/h10H,5-9H2,1-4H3. The lowest BCUT2D eigenvalue weighted by Crippen LogP contribution is -2.30. The Balaban J connectivity index is 2.29. The molecule has 1 aliphatic carbocycles. The molecule has 0 aromatic heterocycles. The van der Waals surface area contributed by atoms with Gasteiger partial charge in [-0.3, -0.25) is 0 Å². The van der Waals surface area contributed by atoms with Gasteiger partial charge < -0.3 is 4.90 Å². The van der Waals surface area contributed by atoms with Crippen LogP contribution in [0.3, 0.4) is 0 Å². The maximum Gasteiger partial charge on any atom is 0.0865 e. The molecule has 1 heterocycles. The van der Waals surface area contributed by atoms with E-state index in [0.717, 1.165) is 11.4 Å². The second kappa shape index (κ2) is 4.14. The van der Waals surface area contributed by atoms with Crippen LogP contribution >= 0.6 is 12.2 Å². The summed E-state index contributed by atoms with van der Waals surface area (Å²) in [6, 6.07) is 0.529. The minimum atomic E-state index is 0.472. The van der Waals surface area contributed by atoms with Gasteiger partial charge >= 0.3 is 0 Å². The van der Waals surface area contributed by atoms with E-state index in [1.165, 1.54) is 25.7 Å². The van der Waals surface area contributed by atoms with E-state index in [4.69, 9.17) is 12.2 Å². The third-order valence-electron chi connectivity index (χ3n) is 3.81. The molecule has 0 atom stereocenters. The fourth-order valence-corrected chi connectivity index (χ4v) is 3.65. The summed E-state index contributed by atoms with van der Waals surface area (Å²) in [5.74, 6) is 0. The first-order valence-electron chi connectivity index (χ1n) is 6.44. The fourth-order valence-electron chi connectivity index (χ4n) is 3.15. The van der Waals surface area contributed by atoms with Crippen LogP contribution in [0.1, 0.15) is 59.8 Å². The molecule has 0 radical (unpaired) electrons. The van der Waals surface area contributed by atoms with Crippen LogP contribution in [0.4, 0.5) is 0 Å². The summed E-state index contributed by atoms with van der Waals surface area (Å²) in [6.07, 6.45) is 6.19. The van der Waals surface area contributed by atoms with Crippen molar-refractivity contribution in [3.05, 3.63) is 11.3 Å². The molecule has 1 nitrogen and oxygen atoms in total. The van der Waals surface area contributed by atoms with Gasteiger partial charge in [0.1, 0.15) is 0 Å². The maximum absolute atomic E-state index is 5.53. The summed E-state index contributed by atoms with van der Waals surface area (Å²) in [4.78, 5) is 3.56. The molecule has 2 heteroatoms. The SMILES string of the molecule is CC(C)N1C(=S)CC2=C1CCCC(C)(C)C2. The second-order valence-electron chi connectivity index (χ2n) is 6.28. The number of thiocarbonyl (C=S) groups is 1. The molecule has 90 valence electrons. The molecule has 0 saturated heterocycles. The van der Waals surface area contributed by atoms with Crippen molar-refractivity contribution in [1.82, 2.24) is 4.90 Å². The highest BCUT2D eigenvalue weighted by Gasteiger charge is 2.34. The van der Waals surface area contributed by atoms with Gasteiger partial charge in [-0.2, -0.15) is 0 Å². The molecule has 1 aliphatic heterocycles. The molecular weight excluding hydrogens is 214 g/mol. The van der Waals surface area contributed by atoms with Gasteiger partial charge in [0, 0.05) is 18.2 Å². The molecule has 0 saturated carbocycles. The summed E-state index contributed by atoms with van der Waals surface area (Å²) in [6.45, 7) is 9.28. The zero-order chi connectivity index (χ0) is 11.9. The van der Waals surface area contributed by atoms with Crippen LogP contribution in [0.25, 0.3) is 0 Å². The average Bonchev–Trinajstić information content (AvgIpc) is 2.33. The molecular formula is C14H23NS. The van der Waals surface area contributed by atoms with E-state index in [1.54, 1.807) is 11.3 Å². The van der Waals surface area contributed by atoms with Crippen molar-refractivity contribution in [3.63, 3.8) is 0 Å². The van der Waals surface area contributed by atoms with E-state index in [9.17, 15) is 0 Å². The van der Waals surface area contributed by atoms with Crippen LogP contribution in [0.2, 0.25) is 0 Å². The van der Waals surface area contributed by atoms with Crippen LogP contribution in [0, 0.1) is 5.41 Å². The van der Waals surface area contributed by atoms with Crippen LogP contribution in [0.15, 0.2) is 11.3 Å². The van der Waals surface area contributed by atoms with E-state index >= 15 is 0 Å². The Morgan fingerprint density at radius 1 is 1.31 bits per heavy atom. The molecule has 2 rings (SSSR count). The van der Waals surface area contributed by atoms with Gasteiger partial charge in [-0.15, -0.1) is 0 Å². The van der Waals surface area contributed by atoms with Crippen molar-refractivity contribution in [2.45, 2.75) is 65.8 Å². The largest absolute Gasteiger partial charge is 0.337 e. The molecule has 0 fully saturated rings. The van der Waals surface area contributed by atoms with E-state index < -0.39 is 0 Å². The summed E-state index contributed by atoms with van der Waals surface area (Å²) in [5, 5.41) is 0. The van der Waals surface area contributed by atoms with Crippen LogP contribution < -0.4 is 0 Å². The van der Waals surface area contributed by atoms with E-state index in [0.29, 0.717) is 11.5 Å². The van der Waals surface area contributed by atoms with Crippen molar-refractivity contribution < 1.29 is 0 Å². The van der Waals surface area contributed by atoms with Gasteiger partial charge in [0.15, 0.2) is 0 Å². The highest BCUT2D eigenvalue weighted by molar-refractivity contribution is 7.80. The first-order chi connectivity index (χ1) is 7.41. The predicted octanol–water partition coefficient (Wildman–Crippen LogP) is 4.28. The smallest absolute Gasteiger partial charge is 0.0865 e. The molecule has 0 N–H and O–H groups in total. The van der Waals surface area contributed by atoms with E-state index in [1.807, 2.05) is 0 Å². The minimum Gasteiger partial charge on any atom is -0.337 e. The highest BCUT2D eigenvalue weighted by atomic mass is 32.1. The fraction of sp³-hybridized carbons (Fsp3) is 0.786. The number of hydrogen-bond donors (Lipinski definition) is 0. The Morgan fingerprint density at radius 3 is 2.62 bits per heavy atom. The van der Waals surface area contributed by atoms with Crippen molar-refractivity contribution in [1.29, 1.82) is 0 Å².